The van der Waals surface area contributed by atoms with Gasteiger partial charge in [-0.2, -0.15) is 5.26 Å². The standard InChI is InChI=1S/C16H16BNO5/c18-9-16(4-5-16)8-12(19)7-11-6-10-2-1-3-13(15(20)21)14(10)23-17(11)22/h1-3,11,22H,4-8H2,(H,20,21)/t11-/m1/s1. The maximum absolute atomic E-state index is 12.1. The van der Waals surface area contributed by atoms with Crippen LogP contribution in [0.2, 0.25) is 5.82 Å². The van der Waals surface area contributed by atoms with E-state index in [2.05, 4.69) is 6.07 Å². The molecule has 1 aromatic rings. The zero-order valence-corrected chi connectivity index (χ0v) is 12.5. The van der Waals surface area contributed by atoms with Crippen molar-refractivity contribution >= 4 is 18.9 Å². The molecule has 0 spiro atoms. The Bertz CT molecular complexity index is 707. The highest BCUT2D eigenvalue weighted by atomic mass is 16.5. The van der Waals surface area contributed by atoms with Crippen LogP contribution in [-0.4, -0.2) is 29.0 Å². The molecule has 0 radical (unpaired) electrons. The number of carboxylic acid groups (broad SMARTS) is 1. The number of benzene rings is 1. The molecule has 2 aliphatic rings. The number of carboxylic acids is 1. The van der Waals surface area contributed by atoms with Crippen molar-refractivity contribution in [1.82, 2.24) is 0 Å². The Kier molecular flexibility index (Phi) is 3.86. The van der Waals surface area contributed by atoms with Gasteiger partial charge in [0.25, 0.3) is 0 Å². The van der Waals surface area contributed by atoms with E-state index in [1.165, 1.54) is 6.07 Å². The number of aromatic carboxylic acids is 1. The van der Waals surface area contributed by atoms with Gasteiger partial charge in [0.05, 0.1) is 17.0 Å². The normalized spacial score (nSPS) is 20.9. The molecule has 1 fully saturated rings. The molecule has 0 bridgehead atoms. The molecule has 0 amide bonds. The number of Topliss-reactive ketones (excluding diaryl/α,β-unsaturated/α-hetero) is 1. The number of ketones is 1. The van der Waals surface area contributed by atoms with E-state index in [9.17, 15) is 14.6 Å². The Morgan fingerprint density at radius 1 is 1.43 bits per heavy atom. The predicted molar refractivity (Wildman–Crippen MR) is 81.0 cm³/mol. The number of fused-ring (bicyclic) bond motifs is 1. The molecule has 1 aromatic carbocycles. The van der Waals surface area contributed by atoms with E-state index in [-0.39, 0.29) is 29.9 Å². The summed E-state index contributed by atoms with van der Waals surface area (Å²) in [5.41, 5.74) is 0.188. The second-order valence-electron chi connectivity index (χ2n) is 6.38. The summed E-state index contributed by atoms with van der Waals surface area (Å²) < 4.78 is 5.37. The van der Waals surface area contributed by atoms with Crippen LogP contribution >= 0.6 is 0 Å². The van der Waals surface area contributed by atoms with E-state index >= 15 is 0 Å². The van der Waals surface area contributed by atoms with Gasteiger partial charge in [0, 0.05) is 18.7 Å². The molecule has 1 saturated carbocycles. The first-order valence-electron chi connectivity index (χ1n) is 7.57. The quantitative estimate of drug-likeness (QED) is 0.803. The third-order valence-electron chi connectivity index (χ3n) is 4.57. The monoisotopic (exact) mass is 313 g/mol. The van der Waals surface area contributed by atoms with Crippen molar-refractivity contribution in [3.63, 3.8) is 0 Å². The number of hydrogen-bond donors (Lipinski definition) is 2. The minimum absolute atomic E-state index is 0.00717. The molecule has 1 heterocycles. The minimum Gasteiger partial charge on any atom is -0.535 e. The zero-order chi connectivity index (χ0) is 16.6. The largest absolute Gasteiger partial charge is 0.535 e. The Hall–Kier alpha value is -2.33. The molecule has 1 atom stereocenters. The number of rotatable bonds is 5. The van der Waals surface area contributed by atoms with Gasteiger partial charge in [-0.05, 0) is 30.9 Å². The van der Waals surface area contributed by atoms with Crippen molar-refractivity contribution < 1.29 is 24.4 Å². The number of carbonyl (C=O) groups is 2. The third kappa shape index (κ3) is 3.08. The molecule has 0 unspecified atom stereocenters. The summed E-state index contributed by atoms with van der Waals surface area (Å²) in [6.07, 6.45) is 2.23. The van der Waals surface area contributed by atoms with Crippen LogP contribution in [0.15, 0.2) is 18.2 Å². The SMILES string of the molecule is N#CC1(CC(=O)C[C@H]2Cc3cccc(C(=O)O)c3OB2O)CC1. The molecule has 3 rings (SSSR count). The van der Waals surface area contributed by atoms with Crippen molar-refractivity contribution in [3.05, 3.63) is 29.3 Å². The van der Waals surface area contributed by atoms with E-state index in [4.69, 9.17) is 15.0 Å². The van der Waals surface area contributed by atoms with Crippen LogP contribution in [0.1, 0.15) is 41.6 Å². The van der Waals surface area contributed by atoms with E-state index in [1.807, 2.05) is 0 Å². The number of nitrogens with zero attached hydrogens (tertiary/aromatic N) is 1. The Labute approximate surface area is 133 Å². The van der Waals surface area contributed by atoms with Crippen molar-refractivity contribution in [2.45, 2.75) is 37.9 Å². The molecule has 0 aromatic heterocycles. The topological polar surface area (TPSA) is 108 Å². The fraction of sp³-hybridized carbons (Fsp3) is 0.438. The lowest BCUT2D eigenvalue weighted by molar-refractivity contribution is -0.120. The van der Waals surface area contributed by atoms with Crippen LogP contribution in [0.25, 0.3) is 0 Å². The molecular formula is C16H16BNO5. The Balaban J connectivity index is 1.72. The molecule has 118 valence electrons. The van der Waals surface area contributed by atoms with E-state index in [0.29, 0.717) is 12.0 Å². The summed E-state index contributed by atoms with van der Waals surface area (Å²) in [5, 5.41) is 28.3. The van der Waals surface area contributed by atoms with Gasteiger partial charge in [0.2, 0.25) is 0 Å². The van der Waals surface area contributed by atoms with Crippen LogP contribution in [0.5, 0.6) is 5.75 Å². The molecule has 0 saturated heterocycles. The maximum atomic E-state index is 12.1. The zero-order valence-electron chi connectivity index (χ0n) is 12.5. The molecule has 6 nitrogen and oxygen atoms in total. The summed E-state index contributed by atoms with van der Waals surface area (Å²) in [4.78, 5) is 23.3. The molecule has 7 heteroatoms. The summed E-state index contributed by atoms with van der Waals surface area (Å²) in [6, 6.07) is 6.97. The van der Waals surface area contributed by atoms with Crippen LogP contribution in [-0.2, 0) is 11.2 Å². The van der Waals surface area contributed by atoms with Gasteiger partial charge in [-0.25, -0.2) is 4.79 Å². The first kappa shape index (κ1) is 15.6. The first-order chi connectivity index (χ1) is 10.9. The number of carbonyl (C=O) groups excluding carboxylic acids is 1. The average molecular weight is 313 g/mol. The Morgan fingerprint density at radius 2 is 2.17 bits per heavy atom. The van der Waals surface area contributed by atoms with Gasteiger partial charge < -0.3 is 14.8 Å². The summed E-state index contributed by atoms with van der Waals surface area (Å²) >= 11 is 0. The van der Waals surface area contributed by atoms with Gasteiger partial charge in [-0.3, -0.25) is 4.79 Å². The summed E-state index contributed by atoms with van der Waals surface area (Å²) in [6.45, 7) is 0. The maximum Gasteiger partial charge on any atom is 0.526 e. The van der Waals surface area contributed by atoms with Crippen LogP contribution in [0.4, 0.5) is 0 Å². The van der Waals surface area contributed by atoms with Crippen molar-refractivity contribution in [1.29, 1.82) is 5.26 Å². The highest BCUT2D eigenvalue weighted by Gasteiger charge is 2.46. The van der Waals surface area contributed by atoms with Gasteiger partial charge in [0.15, 0.2) is 0 Å². The number of nitriles is 1. The van der Waals surface area contributed by atoms with Crippen molar-refractivity contribution in [3.8, 4) is 11.8 Å². The summed E-state index contributed by atoms with van der Waals surface area (Å²) in [5.74, 6) is -1.43. The van der Waals surface area contributed by atoms with E-state index in [0.717, 1.165) is 12.8 Å². The van der Waals surface area contributed by atoms with Crippen LogP contribution in [0.3, 0.4) is 0 Å². The van der Waals surface area contributed by atoms with Crippen molar-refractivity contribution in [2.75, 3.05) is 0 Å². The van der Waals surface area contributed by atoms with E-state index in [1.54, 1.807) is 12.1 Å². The smallest absolute Gasteiger partial charge is 0.526 e. The number of hydrogen-bond acceptors (Lipinski definition) is 5. The predicted octanol–water partition coefficient (Wildman–Crippen LogP) is 1.82. The minimum atomic E-state index is -1.22. The average Bonchev–Trinajstić information content (AvgIpc) is 3.27. The lowest BCUT2D eigenvalue weighted by atomic mass is 9.64. The Morgan fingerprint density at radius 3 is 2.78 bits per heavy atom. The van der Waals surface area contributed by atoms with Gasteiger partial charge in [0.1, 0.15) is 11.5 Å². The highest BCUT2D eigenvalue weighted by molar-refractivity contribution is 6.47. The molecule has 1 aliphatic heterocycles. The molecule has 2 N–H and O–H groups in total. The molecule has 23 heavy (non-hydrogen) atoms. The van der Waals surface area contributed by atoms with Gasteiger partial charge in [-0.1, -0.05) is 12.1 Å². The highest BCUT2D eigenvalue weighted by Crippen LogP contribution is 2.49. The molecular weight excluding hydrogens is 297 g/mol. The second-order valence-corrected chi connectivity index (χ2v) is 6.38. The van der Waals surface area contributed by atoms with Gasteiger partial charge in [-0.15, -0.1) is 0 Å². The van der Waals surface area contributed by atoms with E-state index < -0.39 is 24.3 Å². The van der Waals surface area contributed by atoms with Crippen LogP contribution in [0, 0.1) is 16.7 Å². The third-order valence-corrected chi connectivity index (χ3v) is 4.57. The van der Waals surface area contributed by atoms with Crippen molar-refractivity contribution in [2.24, 2.45) is 5.41 Å². The fourth-order valence-electron chi connectivity index (χ4n) is 3.05. The van der Waals surface area contributed by atoms with Gasteiger partial charge >= 0.3 is 13.1 Å². The summed E-state index contributed by atoms with van der Waals surface area (Å²) in [7, 11) is -1.22. The lowest BCUT2D eigenvalue weighted by Crippen LogP contribution is -2.36. The molecule has 1 aliphatic carbocycles. The second kappa shape index (κ2) is 5.71. The number of para-hydroxylation sites is 1. The lowest BCUT2D eigenvalue weighted by Gasteiger charge is -2.28. The fourth-order valence-corrected chi connectivity index (χ4v) is 3.05. The first-order valence-corrected chi connectivity index (χ1v) is 7.57. The van der Waals surface area contributed by atoms with Crippen LogP contribution < -0.4 is 4.65 Å².